The van der Waals surface area contributed by atoms with Crippen LogP contribution in [0, 0.1) is 19.7 Å². The predicted octanol–water partition coefficient (Wildman–Crippen LogP) is 2.64. The Balaban J connectivity index is 2.43. The summed E-state index contributed by atoms with van der Waals surface area (Å²) in [5.41, 5.74) is 2.16. The van der Waals surface area contributed by atoms with E-state index in [1.807, 2.05) is 13.0 Å². The number of aryl methyl sites for hydroxylation is 1. The van der Waals surface area contributed by atoms with Gasteiger partial charge in [-0.25, -0.2) is 9.37 Å². The van der Waals surface area contributed by atoms with Crippen LogP contribution in [0.15, 0.2) is 41.6 Å². The van der Waals surface area contributed by atoms with Crippen molar-refractivity contribution in [2.75, 3.05) is 4.72 Å². The van der Waals surface area contributed by atoms with Gasteiger partial charge in [0.2, 0.25) is 5.03 Å². The number of nitrogens with one attached hydrogen (secondary N) is 1. The van der Waals surface area contributed by atoms with Crippen molar-refractivity contribution in [1.82, 2.24) is 4.98 Å². The Morgan fingerprint density at radius 3 is 2.58 bits per heavy atom. The van der Waals surface area contributed by atoms with Gasteiger partial charge in [0.15, 0.2) is 5.82 Å². The zero-order valence-electron chi connectivity index (χ0n) is 10.5. The van der Waals surface area contributed by atoms with Gasteiger partial charge in [-0.05, 0) is 43.2 Å². The molecule has 2 aromatic rings. The van der Waals surface area contributed by atoms with Crippen LogP contribution in [0.1, 0.15) is 11.1 Å². The Bertz CT molecular complexity index is 714. The fourth-order valence-electron chi connectivity index (χ4n) is 1.62. The molecule has 4 nitrogen and oxygen atoms in total. The molecule has 2 rings (SSSR count). The number of benzene rings is 1. The highest BCUT2D eigenvalue weighted by atomic mass is 32.2. The van der Waals surface area contributed by atoms with Crippen LogP contribution in [0.25, 0.3) is 0 Å². The van der Waals surface area contributed by atoms with Gasteiger partial charge in [0.05, 0.1) is 5.69 Å². The fraction of sp³-hybridized carbons (Fsp3) is 0.154. The summed E-state index contributed by atoms with van der Waals surface area (Å²) in [4.78, 5) is 3.57. The highest BCUT2D eigenvalue weighted by Gasteiger charge is 2.21. The third kappa shape index (κ3) is 2.73. The van der Waals surface area contributed by atoms with Crippen molar-refractivity contribution >= 4 is 15.7 Å². The van der Waals surface area contributed by atoms with E-state index < -0.39 is 20.9 Å². The molecule has 0 aliphatic heterocycles. The second-order valence-electron chi connectivity index (χ2n) is 4.14. The van der Waals surface area contributed by atoms with Crippen molar-refractivity contribution in [3.05, 3.63) is 53.5 Å². The topological polar surface area (TPSA) is 59.1 Å². The number of halogens is 1. The van der Waals surface area contributed by atoms with Gasteiger partial charge in [-0.3, -0.25) is 4.72 Å². The third-order valence-corrected chi connectivity index (χ3v) is 4.13. The van der Waals surface area contributed by atoms with Gasteiger partial charge < -0.3 is 0 Å². The summed E-state index contributed by atoms with van der Waals surface area (Å²) < 4.78 is 40.0. The molecule has 1 aromatic heterocycles. The van der Waals surface area contributed by atoms with Crippen LogP contribution < -0.4 is 4.72 Å². The monoisotopic (exact) mass is 280 g/mol. The van der Waals surface area contributed by atoms with Crippen LogP contribution in [-0.2, 0) is 10.0 Å². The molecule has 0 aliphatic rings. The maximum Gasteiger partial charge on any atom is 0.282 e. The number of anilines is 1. The number of rotatable bonds is 3. The quantitative estimate of drug-likeness (QED) is 0.940. The van der Waals surface area contributed by atoms with Crippen LogP contribution in [0.2, 0.25) is 0 Å². The van der Waals surface area contributed by atoms with Crippen LogP contribution in [0.3, 0.4) is 0 Å². The molecule has 0 unspecified atom stereocenters. The normalized spacial score (nSPS) is 11.3. The standard InChI is InChI=1S/C13H13FN2O2S/c1-9-5-3-7-12(10(9)2)16-19(17,18)13-11(14)6-4-8-15-13/h3-8,16H,1-2H3. The minimum Gasteiger partial charge on any atom is -0.278 e. The minimum absolute atomic E-state index is 0.421. The Morgan fingerprint density at radius 1 is 1.16 bits per heavy atom. The van der Waals surface area contributed by atoms with Crippen molar-refractivity contribution in [2.45, 2.75) is 18.9 Å². The summed E-state index contributed by atoms with van der Waals surface area (Å²) in [7, 11) is -4.02. The van der Waals surface area contributed by atoms with E-state index in [-0.39, 0.29) is 0 Å². The van der Waals surface area contributed by atoms with Crippen LogP contribution in [0.4, 0.5) is 10.1 Å². The second-order valence-corrected chi connectivity index (χ2v) is 5.74. The second kappa shape index (κ2) is 4.97. The molecule has 0 fully saturated rings. The number of pyridine rings is 1. The maximum absolute atomic E-state index is 13.5. The highest BCUT2D eigenvalue weighted by Crippen LogP contribution is 2.22. The van der Waals surface area contributed by atoms with Crippen LogP contribution in [-0.4, -0.2) is 13.4 Å². The first-order chi connectivity index (χ1) is 8.92. The summed E-state index contributed by atoms with van der Waals surface area (Å²) in [6, 6.07) is 7.63. The van der Waals surface area contributed by atoms with E-state index in [0.717, 1.165) is 17.2 Å². The third-order valence-electron chi connectivity index (χ3n) is 2.83. The van der Waals surface area contributed by atoms with Crippen molar-refractivity contribution < 1.29 is 12.8 Å². The zero-order chi connectivity index (χ0) is 14.0. The first kappa shape index (κ1) is 13.5. The lowest BCUT2D eigenvalue weighted by molar-refractivity contribution is 0.557. The molecule has 0 spiro atoms. The molecule has 6 heteroatoms. The van der Waals surface area contributed by atoms with Crippen molar-refractivity contribution in [3.8, 4) is 0 Å². The molecule has 0 saturated carbocycles. The fourth-order valence-corrected chi connectivity index (χ4v) is 2.76. The molecule has 0 atom stereocenters. The lowest BCUT2D eigenvalue weighted by Crippen LogP contribution is -2.17. The molecule has 0 bridgehead atoms. The molecule has 100 valence electrons. The van der Waals surface area contributed by atoms with E-state index in [9.17, 15) is 12.8 Å². The Morgan fingerprint density at radius 2 is 1.89 bits per heavy atom. The minimum atomic E-state index is -4.02. The van der Waals surface area contributed by atoms with Gasteiger partial charge in [0.25, 0.3) is 10.0 Å². The summed E-state index contributed by atoms with van der Waals surface area (Å²) in [6.07, 6.45) is 1.24. The largest absolute Gasteiger partial charge is 0.282 e. The maximum atomic E-state index is 13.5. The van der Waals surface area contributed by atoms with E-state index in [0.29, 0.717) is 5.69 Å². The van der Waals surface area contributed by atoms with E-state index in [1.165, 1.54) is 12.3 Å². The number of nitrogens with zero attached hydrogens (tertiary/aromatic N) is 1. The molecule has 19 heavy (non-hydrogen) atoms. The number of hydrogen-bond donors (Lipinski definition) is 1. The molecular weight excluding hydrogens is 267 g/mol. The molecule has 0 radical (unpaired) electrons. The predicted molar refractivity (Wildman–Crippen MR) is 70.9 cm³/mol. The summed E-state index contributed by atoms with van der Waals surface area (Å²) in [6.45, 7) is 3.66. The summed E-state index contributed by atoms with van der Waals surface area (Å²) >= 11 is 0. The SMILES string of the molecule is Cc1cccc(NS(=O)(=O)c2ncccc2F)c1C. The average Bonchev–Trinajstić information content (AvgIpc) is 2.35. The molecule has 0 amide bonds. The van der Waals surface area contributed by atoms with Crippen LogP contribution in [0.5, 0.6) is 0 Å². The first-order valence-electron chi connectivity index (χ1n) is 5.61. The Hall–Kier alpha value is -1.95. The summed E-state index contributed by atoms with van der Waals surface area (Å²) in [5, 5.41) is -0.601. The van der Waals surface area contributed by atoms with Gasteiger partial charge in [0, 0.05) is 6.20 Å². The van der Waals surface area contributed by atoms with E-state index >= 15 is 0 Å². The van der Waals surface area contributed by atoms with E-state index in [2.05, 4.69) is 9.71 Å². The van der Waals surface area contributed by atoms with Gasteiger partial charge in [-0.2, -0.15) is 8.42 Å². The number of aromatic nitrogens is 1. The van der Waals surface area contributed by atoms with Gasteiger partial charge in [-0.15, -0.1) is 0 Å². The van der Waals surface area contributed by atoms with Crippen molar-refractivity contribution in [3.63, 3.8) is 0 Å². The number of sulfonamides is 1. The van der Waals surface area contributed by atoms with Gasteiger partial charge in [-0.1, -0.05) is 12.1 Å². The lowest BCUT2D eigenvalue weighted by atomic mass is 10.1. The number of hydrogen-bond acceptors (Lipinski definition) is 3. The van der Waals surface area contributed by atoms with Gasteiger partial charge in [0.1, 0.15) is 0 Å². The Kier molecular flexibility index (Phi) is 3.53. The highest BCUT2D eigenvalue weighted by molar-refractivity contribution is 7.92. The first-order valence-corrected chi connectivity index (χ1v) is 7.09. The zero-order valence-corrected chi connectivity index (χ0v) is 11.3. The summed E-state index contributed by atoms with van der Waals surface area (Å²) in [5.74, 6) is -0.875. The van der Waals surface area contributed by atoms with Gasteiger partial charge >= 0.3 is 0 Å². The average molecular weight is 280 g/mol. The van der Waals surface area contributed by atoms with Crippen molar-refractivity contribution in [1.29, 1.82) is 0 Å². The lowest BCUT2D eigenvalue weighted by Gasteiger charge is -2.11. The van der Waals surface area contributed by atoms with Crippen LogP contribution >= 0.6 is 0 Å². The van der Waals surface area contributed by atoms with E-state index in [1.54, 1.807) is 19.1 Å². The van der Waals surface area contributed by atoms with Crippen molar-refractivity contribution in [2.24, 2.45) is 0 Å². The molecular formula is C13H13FN2O2S. The Labute approximate surface area is 111 Å². The molecule has 1 aromatic carbocycles. The molecule has 0 aliphatic carbocycles. The smallest absolute Gasteiger partial charge is 0.278 e. The molecule has 1 N–H and O–H groups in total. The molecule has 0 saturated heterocycles. The van der Waals surface area contributed by atoms with E-state index in [4.69, 9.17) is 0 Å². The molecule has 1 heterocycles.